The van der Waals surface area contributed by atoms with Crippen LogP contribution < -0.4 is 0 Å². The van der Waals surface area contributed by atoms with Crippen molar-refractivity contribution in [1.29, 1.82) is 0 Å². The number of nitrogens with zero attached hydrogens (tertiary/aromatic N) is 3. The van der Waals surface area contributed by atoms with E-state index in [1.807, 2.05) is 0 Å². The highest BCUT2D eigenvalue weighted by molar-refractivity contribution is 5.78. The number of pyridine rings is 1. The van der Waals surface area contributed by atoms with Crippen LogP contribution in [0.25, 0.3) is 10.9 Å². The molecule has 3 heterocycles. The lowest BCUT2D eigenvalue weighted by atomic mass is 9.93. The molecule has 2 aliphatic rings. The van der Waals surface area contributed by atoms with Gasteiger partial charge < -0.3 is 4.90 Å². The van der Waals surface area contributed by atoms with Gasteiger partial charge in [-0.15, -0.1) is 0 Å². The van der Waals surface area contributed by atoms with E-state index < -0.39 is 0 Å². The Morgan fingerprint density at radius 1 is 1.04 bits per heavy atom. The molecule has 130 valence electrons. The van der Waals surface area contributed by atoms with E-state index in [2.05, 4.69) is 72.0 Å². The van der Waals surface area contributed by atoms with Gasteiger partial charge in [0.2, 0.25) is 0 Å². The smallest absolute Gasteiger partial charge is 0.185 e. The maximum Gasteiger partial charge on any atom is 0.185 e. The van der Waals surface area contributed by atoms with Crippen molar-refractivity contribution in [1.82, 2.24) is 9.88 Å². The van der Waals surface area contributed by atoms with Crippen LogP contribution in [0.2, 0.25) is 0 Å². The lowest BCUT2D eigenvalue weighted by Crippen LogP contribution is -2.43. The first kappa shape index (κ1) is 16.3. The van der Waals surface area contributed by atoms with Gasteiger partial charge in [-0.1, -0.05) is 24.3 Å². The van der Waals surface area contributed by atoms with Gasteiger partial charge in [0.15, 0.2) is 18.3 Å². The molecule has 25 heavy (non-hydrogen) atoms. The van der Waals surface area contributed by atoms with Crippen LogP contribution in [0.5, 0.6) is 0 Å². The summed E-state index contributed by atoms with van der Waals surface area (Å²) >= 11 is 0. The number of hydrogen-bond acceptors (Lipinski definition) is 2. The van der Waals surface area contributed by atoms with E-state index in [1.54, 1.807) is 0 Å². The average molecular weight is 334 g/mol. The summed E-state index contributed by atoms with van der Waals surface area (Å²) in [5, 5.41) is 1.21. The number of piperidine rings is 1. The Labute approximate surface area is 150 Å². The first-order chi connectivity index (χ1) is 12.1. The highest BCUT2D eigenvalue weighted by Gasteiger charge is 2.35. The van der Waals surface area contributed by atoms with Gasteiger partial charge in [-0.2, -0.15) is 0 Å². The van der Waals surface area contributed by atoms with Crippen molar-refractivity contribution < 1.29 is 4.58 Å². The summed E-state index contributed by atoms with van der Waals surface area (Å²) in [6.45, 7) is 8.01. The van der Waals surface area contributed by atoms with Crippen LogP contribution in [-0.4, -0.2) is 39.3 Å². The summed E-state index contributed by atoms with van der Waals surface area (Å²) in [6, 6.07) is 12.7. The number of benzene rings is 1. The highest BCUT2D eigenvalue weighted by atomic mass is 15.2. The molecule has 1 aromatic heterocycles. The van der Waals surface area contributed by atoms with Crippen LogP contribution in [-0.2, 0) is 6.54 Å². The normalized spacial score (nSPS) is 20.3. The number of aromatic nitrogens is 1. The van der Waals surface area contributed by atoms with E-state index in [1.165, 1.54) is 43.4 Å². The minimum absolute atomic E-state index is 0.120. The lowest BCUT2D eigenvalue weighted by Gasteiger charge is -2.35. The molecule has 3 heteroatoms. The van der Waals surface area contributed by atoms with Crippen molar-refractivity contribution in [3.05, 3.63) is 53.9 Å². The molecule has 0 N–H and O–H groups in total. The Hall–Kier alpha value is -2.16. The van der Waals surface area contributed by atoms with Gasteiger partial charge >= 0.3 is 0 Å². The van der Waals surface area contributed by atoms with Crippen molar-refractivity contribution in [3.8, 4) is 0 Å². The van der Waals surface area contributed by atoms with Gasteiger partial charge in [-0.3, -0.25) is 0 Å². The predicted octanol–water partition coefficient (Wildman–Crippen LogP) is 4.37. The van der Waals surface area contributed by atoms with E-state index in [-0.39, 0.29) is 5.54 Å². The van der Waals surface area contributed by atoms with Crippen molar-refractivity contribution in [2.45, 2.75) is 51.6 Å². The summed E-state index contributed by atoms with van der Waals surface area (Å²) in [7, 11) is 0. The van der Waals surface area contributed by atoms with Gasteiger partial charge in [-0.25, -0.2) is 9.56 Å². The summed E-state index contributed by atoms with van der Waals surface area (Å²) in [5.41, 5.74) is 3.85. The van der Waals surface area contributed by atoms with E-state index in [9.17, 15) is 0 Å². The molecule has 0 aliphatic carbocycles. The van der Waals surface area contributed by atoms with Gasteiger partial charge in [0.25, 0.3) is 0 Å². The molecular formula is C22H28N3+. The first-order valence-electron chi connectivity index (χ1n) is 9.52. The predicted molar refractivity (Wildman–Crippen MR) is 104 cm³/mol. The van der Waals surface area contributed by atoms with Gasteiger partial charge in [0, 0.05) is 44.1 Å². The van der Waals surface area contributed by atoms with Crippen LogP contribution in [0, 0.1) is 0 Å². The quantitative estimate of drug-likeness (QED) is 0.776. The molecule has 0 bridgehead atoms. The fraction of sp³-hybridized carbons (Fsp3) is 0.455. The topological polar surface area (TPSA) is 19.1 Å². The monoisotopic (exact) mass is 334 g/mol. The summed E-state index contributed by atoms with van der Waals surface area (Å²) in [5.74, 6) is 0. The Kier molecular flexibility index (Phi) is 4.32. The summed E-state index contributed by atoms with van der Waals surface area (Å²) < 4.78 is 2.44. The standard InChI is InChI=1S/C22H28N3/c1-22(2)16-20(24-13-6-3-7-14-24)12-15-25(22)17-19-11-10-18-8-4-5-9-21(18)23-19/h4-5,8-12,15H,3,6-7,13-14,16-17H2,1-2H3/q+1. The zero-order chi connectivity index (χ0) is 17.3. The largest absolute Gasteiger partial charge is 0.374 e. The molecule has 3 nitrogen and oxygen atoms in total. The number of fused-ring (bicyclic) bond motifs is 1. The molecule has 0 amide bonds. The molecule has 1 saturated heterocycles. The van der Waals surface area contributed by atoms with Crippen molar-refractivity contribution >= 4 is 17.1 Å². The van der Waals surface area contributed by atoms with Crippen molar-refractivity contribution in [3.63, 3.8) is 0 Å². The third-order valence-electron chi connectivity index (χ3n) is 5.59. The van der Waals surface area contributed by atoms with Crippen LogP contribution in [0.3, 0.4) is 0 Å². The SMILES string of the molecule is CC1(C)CC(N2CCCCC2)=CC=[N+]1Cc1ccc2ccccc2n1. The zero-order valence-electron chi connectivity index (χ0n) is 15.4. The van der Waals surface area contributed by atoms with Gasteiger partial charge in [0.05, 0.1) is 11.9 Å². The maximum atomic E-state index is 4.85. The molecule has 0 radical (unpaired) electrons. The van der Waals surface area contributed by atoms with Gasteiger partial charge in [0.1, 0.15) is 5.69 Å². The Morgan fingerprint density at radius 2 is 1.84 bits per heavy atom. The molecule has 2 aliphatic heterocycles. The van der Waals surface area contributed by atoms with Crippen molar-refractivity contribution in [2.75, 3.05) is 13.1 Å². The molecule has 1 fully saturated rings. The molecule has 4 rings (SSSR count). The Balaban J connectivity index is 1.57. The van der Waals surface area contributed by atoms with Gasteiger partial charge in [-0.05, 0) is 31.4 Å². The summed E-state index contributed by atoms with van der Waals surface area (Å²) in [4.78, 5) is 7.44. The van der Waals surface area contributed by atoms with E-state index in [0.717, 1.165) is 24.2 Å². The molecule has 0 saturated carbocycles. The highest BCUT2D eigenvalue weighted by Crippen LogP contribution is 2.28. The van der Waals surface area contributed by atoms with Crippen LogP contribution in [0.4, 0.5) is 0 Å². The third kappa shape index (κ3) is 3.46. The van der Waals surface area contributed by atoms with E-state index in [0.29, 0.717) is 0 Å². The molecule has 0 spiro atoms. The second kappa shape index (κ2) is 6.62. The molecule has 1 aromatic carbocycles. The molecule has 0 unspecified atom stereocenters. The number of rotatable bonds is 3. The van der Waals surface area contributed by atoms with Crippen LogP contribution in [0.15, 0.2) is 48.2 Å². The van der Waals surface area contributed by atoms with Crippen LogP contribution in [0.1, 0.15) is 45.2 Å². The second-order valence-corrected chi connectivity index (χ2v) is 7.97. The molecular weight excluding hydrogens is 306 g/mol. The van der Waals surface area contributed by atoms with Crippen molar-refractivity contribution in [2.24, 2.45) is 0 Å². The minimum Gasteiger partial charge on any atom is -0.374 e. The summed E-state index contributed by atoms with van der Waals surface area (Å²) in [6.07, 6.45) is 9.78. The number of hydrogen-bond donors (Lipinski definition) is 0. The number of likely N-dealkylation sites (tertiary alicyclic amines) is 1. The fourth-order valence-electron chi connectivity index (χ4n) is 4.02. The fourth-order valence-corrected chi connectivity index (χ4v) is 4.02. The Morgan fingerprint density at radius 3 is 2.64 bits per heavy atom. The molecule has 2 aromatic rings. The second-order valence-electron chi connectivity index (χ2n) is 7.97. The third-order valence-corrected chi connectivity index (χ3v) is 5.59. The van der Waals surface area contributed by atoms with E-state index >= 15 is 0 Å². The van der Waals surface area contributed by atoms with E-state index in [4.69, 9.17) is 4.98 Å². The average Bonchev–Trinajstić information content (AvgIpc) is 2.64. The first-order valence-corrected chi connectivity index (χ1v) is 9.52. The Bertz CT molecular complexity index is 826. The number of allylic oxidation sites excluding steroid dienone is 1. The maximum absolute atomic E-state index is 4.85. The molecule has 0 atom stereocenters. The lowest BCUT2D eigenvalue weighted by molar-refractivity contribution is -0.613. The zero-order valence-corrected chi connectivity index (χ0v) is 15.4. The minimum atomic E-state index is 0.120. The number of para-hydroxylation sites is 1. The van der Waals surface area contributed by atoms with Crippen LogP contribution >= 0.6 is 0 Å².